The van der Waals surface area contributed by atoms with Crippen LogP contribution in [0.15, 0.2) is 53.3 Å². The summed E-state index contributed by atoms with van der Waals surface area (Å²) in [6.07, 6.45) is 1.26. The van der Waals surface area contributed by atoms with Gasteiger partial charge in [-0.15, -0.1) is 10.2 Å². The highest BCUT2D eigenvalue weighted by molar-refractivity contribution is 5.95. The summed E-state index contributed by atoms with van der Waals surface area (Å²) in [6, 6.07) is 14.5. The fourth-order valence-corrected chi connectivity index (χ4v) is 2.23. The third-order valence-corrected chi connectivity index (χ3v) is 3.59. The first-order valence-electron chi connectivity index (χ1n) is 7.57. The van der Waals surface area contributed by atoms with Crippen molar-refractivity contribution >= 4 is 17.3 Å². The summed E-state index contributed by atoms with van der Waals surface area (Å²) in [5, 5.41) is 22.2. The topological polar surface area (TPSA) is 104 Å². The quantitative estimate of drug-likeness (QED) is 0.744. The predicted molar refractivity (Wildman–Crippen MR) is 92.7 cm³/mol. The molecular weight excluding hydrogens is 318 g/mol. The Bertz CT molecular complexity index is 912. The van der Waals surface area contributed by atoms with Crippen LogP contribution in [0, 0.1) is 18.3 Å². The molecule has 0 aliphatic heterocycles. The van der Waals surface area contributed by atoms with Gasteiger partial charge in [-0.2, -0.15) is 5.26 Å². The molecule has 3 rings (SSSR count). The van der Waals surface area contributed by atoms with Gasteiger partial charge in [0.05, 0.1) is 18.2 Å². The largest absolute Gasteiger partial charge is 0.423 e. The molecule has 7 nitrogen and oxygen atoms in total. The molecule has 1 aromatic heterocycles. The van der Waals surface area contributed by atoms with Crippen LogP contribution >= 0.6 is 0 Å². The summed E-state index contributed by atoms with van der Waals surface area (Å²) in [6.45, 7) is 2.01. The summed E-state index contributed by atoms with van der Waals surface area (Å²) < 4.78 is 5.17. The van der Waals surface area contributed by atoms with Gasteiger partial charge < -0.3 is 15.1 Å². The maximum Gasteiger partial charge on any atom is 0.247 e. The Morgan fingerprint density at radius 3 is 2.72 bits per heavy atom. The van der Waals surface area contributed by atoms with Gasteiger partial charge in [-0.1, -0.05) is 6.07 Å². The molecule has 0 spiro atoms. The third kappa shape index (κ3) is 4.00. The van der Waals surface area contributed by atoms with Crippen LogP contribution in [0.1, 0.15) is 11.1 Å². The third-order valence-electron chi connectivity index (χ3n) is 3.59. The molecule has 0 fully saturated rings. The van der Waals surface area contributed by atoms with E-state index in [-0.39, 0.29) is 12.5 Å². The number of nitrogens with one attached hydrogen (secondary N) is 2. The Balaban J connectivity index is 1.64. The first-order chi connectivity index (χ1) is 12.2. The second-order valence-electron chi connectivity index (χ2n) is 5.36. The Hall–Kier alpha value is -3.66. The lowest BCUT2D eigenvalue weighted by Crippen LogP contribution is -2.22. The number of hydrogen-bond donors (Lipinski definition) is 2. The fourth-order valence-electron chi connectivity index (χ4n) is 2.23. The molecule has 0 saturated carbocycles. The first-order valence-corrected chi connectivity index (χ1v) is 7.57. The predicted octanol–water partition coefficient (Wildman–Crippen LogP) is 2.97. The maximum atomic E-state index is 12.2. The SMILES string of the molecule is Cc1ccc(-c2nnco2)cc1NC(=O)CNc1ccc(C#N)cc1. The van der Waals surface area contributed by atoms with E-state index in [1.54, 1.807) is 30.3 Å². The zero-order valence-electron chi connectivity index (χ0n) is 13.5. The molecule has 25 heavy (non-hydrogen) atoms. The number of aromatic nitrogens is 2. The van der Waals surface area contributed by atoms with Crippen molar-refractivity contribution < 1.29 is 9.21 Å². The molecule has 1 amide bonds. The Labute approximate surface area is 144 Å². The summed E-state index contributed by atoms with van der Waals surface area (Å²) in [5.74, 6) is 0.210. The van der Waals surface area contributed by atoms with E-state index in [0.717, 1.165) is 16.8 Å². The molecule has 124 valence electrons. The molecule has 2 aromatic carbocycles. The maximum absolute atomic E-state index is 12.2. The van der Waals surface area contributed by atoms with E-state index in [9.17, 15) is 4.79 Å². The summed E-state index contributed by atoms with van der Waals surface area (Å²) in [4.78, 5) is 12.2. The minimum atomic E-state index is -0.185. The molecule has 0 radical (unpaired) electrons. The summed E-state index contributed by atoms with van der Waals surface area (Å²) in [5.41, 5.74) is 3.68. The molecule has 0 atom stereocenters. The number of amides is 1. The lowest BCUT2D eigenvalue weighted by atomic mass is 10.1. The van der Waals surface area contributed by atoms with Crippen molar-refractivity contribution in [1.82, 2.24) is 10.2 Å². The van der Waals surface area contributed by atoms with Crippen LogP contribution < -0.4 is 10.6 Å². The van der Waals surface area contributed by atoms with E-state index >= 15 is 0 Å². The van der Waals surface area contributed by atoms with E-state index in [0.29, 0.717) is 17.1 Å². The van der Waals surface area contributed by atoms with E-state index in [1.165, 1.54) is 6.39 Å². The number of aryl methyl sites for hydroxylation is 1. The molecule has 0 saturated heterocycles. The molecule has 0 aliphatic carbocycles. The number of carbonyl (C=O) groups is 1. The van der Waals surface area contributed by atoms with Crippen LogP contribution in [-0.4, -0.2) is 22.6 Å². The molecule has 0 unspecified atom stereocenters. The van der Waals surface area contributed by atoms with Crippen LogP contribution in [-0.2, 0) is 4.79 Å². The van der Waals surface area contributed by atoms with Crippen LogP contribution in [0.5, 0.6) is 0 Å². The average molecular weight is 333 g/mol. The van der Waals surface area contributed by atoms with Crippen LogP contribution in [0.25, 0.3) is 11.5 Å². The van der Waals surface area contributed by atoms with Gasteiger partial charge in [0.25, 0.3) is 0 Å². The van der Waals surface area contributed by atoms with Gasteiger partial charge in [-0.05, 0) is 48.9 Å². The van der Waals surface area contributed by atoms with Crippen molar-refractivity contribution in [2.75, 3.05) is 17.2 Å². The number of anilines is 2. The van der Waals surface area contributed by atoms with Crippen molar-refractivity contribution in [3.63, 3.8) is 0 Å². The van der Waals surface area contributed by atoms with Gasteiger partial charge in [0, 0.05) is 16.9 Å². The molecule has 3 aromatic rings. The normalized spacial score (nSPS) is 10.1. The molecule has 0 bridgehead atoms. The van der Waals surface area contributed by atoms with Gasteiger partial charge in [-0.3, -0.25) is 4.79 Å². The van der Waals surface area contributed by atoms with Gasteiger partial charge >= 0.3 is 0 Å². The van der Waals surface area contributed by atoms with Gasteiger partial charge in [-0.25, -0.2) is 0 Å². The Morgan fingerprint density at radius 1 is 1.24 bits per heavy atom. The van der Waals surface area contributed by atoms with Crippen molar-refractivity contribution in [2.24, 2.45) is 0 Å². The summed E-state index contributed by atoms with van der Waals surface area (Å²) in [7, 11) is 0. The zero-order valence-corrected chi connectivity index (χ0v) is 13.5. The second kappa shape index (κ2) is 7.27. The van der Waals surface area contributed by atoms with Gasteiger partial charge in [0.15, 0.2) is 0 Å². The van der Waals surface area contributed by atoms with Crippen molar-refractivity contribution in [1.29, 1.82) is 5.26 Å². The van der Waals surface area contributed by atoms with E-state index in [4.69, 9.17) is 9.68 Å². The number of hydrogen-bond acceptors (Lipinski definition) is 6. The Kier molecular flexibility index (Phi) is 4.72. The lowest BCUT2D eigenvalue weighted by molar-refractivity contribution is -0.114. The average Bonchev–Trinajstić information content (AvgIpc) is 3.17. The van der Waals surface area contributed by atoms with Crippen LogP contribution in [0.2, 0.25) is 0 Å². The monoisotopic (exact) mass is 333 g/mol. The lowest BCUT2D eigenvalue weighted by Gasteiger charge is -2.11. The van der Waals surface area contributed by atoms with Crippen molar-refractivity contribution in [3.05, 3.63) is 60.0 Å². The highest BCUT2D eigenvalue weighted by Gasteiger charge is 2.09. The number of nitrogens with zero attached hydrogens (tertiary/aromatic N) is 3. The molecule has 7 heteroatoms. The number of carbonyl (C=O) groups excluding carboxylic acids is 1. The number of nitriles is 1. The molecular formula is C18H15N5O2. The first kappa shape index (κ1) is 16.2. The van der Waals surface area contributed by atoms with Crippen LogP contribution in [0.3, 0.4) is 0 Å². The van der Waals surface area contributed by atoms with Gasteiger partial charge in [0.1, 0.15) is 0 Å². The molecule has 0 aliphatic rings. The number of benzene rings is 2. The highest BCUT2D eigenvalue weighted by Crippen LogP contribution is 2.23. The minimum absolute atomic E-state index is 0.107. The number of rotatable bonds is 5. The smallest absolute Gasteiger partial charge is 0.247 e. The van der Waals surface area contributed by atoms with Crippen LogP contribution in [0.4, 0.5) is 11.4 Å². The standard InChI is InChI=1S/C18H15N5O2/c1-12-2-5-14(18-23-21-11-25-18)8-16(12)22-17(24)10-20-15-6-3-13(9-19)4-7-15/h2-8,11,20H,10H2,1H3,(H,22,24). The zero-order chi connectivity index (χ0) is 17.6. The summed E-state index contributed by atoms with van der Waals surface area (Å²) >= 11 is 0. The Morgan fingerprint density at radius 2 is 2.04 bits per heavy atom. The highest BCUT2D eigenvalue weighted by atomic mass is 16.4. The molecule has 2 N–H and O–H groups in total. The van der Waals surface area contributed by atoms with E-state index in [2.05, 4.69) is 26.9 Å². The second-order valence-corrected chi connectivity index (χ2v) is 5.36. The van der Waals surface area contributed by atoms with E-state index in [1.807, 2.05) is 19.1 Å². The van der Waals surface area contributed by atoms with E-state index < -0.39 is 0 Å². The fraction of sp³-hybridized carbons (Fsp3) is 0.111. The van der Waals surface area contributed by atoms with Crippen molar-refractivity contribution in [2.45, 2.75) is 6.92 Å². The minimum Gasteiger partial charge on any atom is -0.423 e. The molecule has 1 heterocycles. The van der Waals surface area contributed by atoms with Gasteiger partial charge in [0.2, 0.25) is 18.2 Å². The van der Waals surface area contributed by atoms with Crippen molar-refractivity contribution in [3.8, 4) is 17.5 Å².